The third-order valence-electron chi connectivity index (χ3n) is 12.1. The van der Waals surface area contributed by atoms with Crippen molar-refractivity contribution in [1.29, 1.82) is 0 Å². The summed E-state index contributed by atoms with van der Waals surface area (Å²) in [4.78, 5) is 2.30. The molecule has 0 amide bonds. The van der Waals surface area contributed by atoms with Crippen molar-refractivity contribution in [2.75, 3.05) is 4.90 Å². The quantitative estimate of drug-likeness (QED) is 0.161. The molecular weight excluding hydrogens is 743 g/mol. The third-order valence-corrected chi connectivity index (χ3v) is 12.1. The minimum Gasteiger partial charge on any atom is -0.456 e. The van der Waals surface area contributed by atoms with Crippen molar-refractivity contribution in [2.24, 2.45) is 0 Å². The summed E-state index contributed by atoms with van der Waals surface area (Å²) < 4.78 is 13.5. The lowest BCUT2D eigenvalue weighted by Gasteiger charge is -2.25. The van der Waals surface area contributed by atoms with E-state index in [0.717, 1.165) is 77.6 Å². The highest BCUT2D eigenvalue weighted by atomic mass is 16.3. The van der Waals surface area contributed by atoms with E-state index in [1.54, 1.807) is 0 Å². The molecule has 0 atom stereocenters. The van der Waals surface area contributed by atoms with Gasteiger partial charge in [-0.15, -0.1) is 0 Å². The van der Waals surface area contributed by atoms with Crippen LogP contribution in [0.4, 0.5) is 17.1 Å². The first-order chi connectivity index (χ1) is 30.2. The van der Waals surface area contributed by atoms with Crippen LogP contribution < -0.4 is 4.90 Å². The minimum absolute atomic E-state index is 0.831. The Balaban J connectivity index is 0.993. The van der Waals surface area contributed by atoms with E-state index in [4.69, 9.17) is 8.83 Å². The molecule has 0 unspecified atom stereocenters. The molecular formula is C58H37NO2. The van der Waals surface area contributed by atoms with Gasteiger partial charge in [-0.25, -0.2) is 0 Å². The van der Waals surface area contributed by atoms with Gasteiger partial charge in [-0.3, -0.25) is 0 Å². The smallest absolute Gasteiger partial charge is 0.159 e. The second-order valence-corrected chi connectivity index (χ2v) is 15.6. The Labute approximate surface area is 353 Å². The number of para-hydroxylation sites is 2. The minimum atomic E-state index is 0.831. The largest absolute Gasteiger partial charge is 0.456 e. The Morgan fingerprint density at radius 3 is 1.82 bits per heavy atom. The van der Waals surface area contributed by atoms with E-state index >= 15 is 0 Å². The predicted octanol–water partition coefficient (Wildman–Crippen LogP) is 16.8. The fraction of sp³-hybridized carbons (Fsp3) is 0. The van der Waals surface area contributed by atoms with E-state index < -0.39 is 0 Å². The van der Waals surface area contributed by atoms with E-state index in [2.05, 4.69) is 229 Å². The lowest BCUT2D eigenvalue weighted by atomic mass is 9.92. The van der Waals surface area contributed by atoms with Gasteiger partial charge in [0.15, 0.2) is 5.58 Å². The molecule has 0 N–H and O–H groups in total. The number of hydrogen-bond acceptors (Lipinski definition) is 3. The van der Waals surface area contributed by atoms with Crippen molar-refractivity contribution in [3.63, 3.8) is 0 Å². The van der Waals surface area contributed by atoms with Crippen molar-refractivity contribution < 1.29 is 8.83 Å². The second-order valence-electron chi connectivity index (χ2n) is 15.6. The normalized spacial score (nSPS) is 11.6. The van der Waals surface area contributed by atoms with Gasteiger partial charge < -0.3 is 13.7 Å². The van der Waals surface area contributed by atoms with E-state index in [0.29, 0.717) is 0 Å². The van der Waals surface area contributed by atoms with Crippen LogP contribution in [-0.4, -0.2) is 0 Å². The van der Waals surface area contributed by atoms with Gasteiger partial charge in [-0.1, -0.05) is 164 Å². The van der Waals surface area contributed by atoms with Gasteiger partial charge >= 0.3 is 0 Å². The highest BCUT2D eigenvalue weighted by molar-refractivity contribution is 6.17. The number of hydrogen-bond donors (Lipinski definition) is 0. The lowest BCUT2D eigenvalue weighted by molar-refractivity contribution is 0.669. The molecule has 0 radical (unpaired) electrons. The summed E-state index contributed by atoms with van der Waals surface area (Å²) in [6, 6.07) is 79.7. The lowest BCUT2D eigenvalue weighted by Crippen LogP contribution is -2.10. The molecule has 0 fully saturated rings. The maximum atomic E-state index is 6.96. The van der Waals surface area contributed by atoms with Crippen molar-refractivity contribution in [1.82, 2.24) is 0 Å². The fourth-order valence-corrected chi connectivity index (χ4v) is 9.25. The fourth-order valence-electron chi connectivity index (χ4n) is 9.25. The zero-order chi connectivity index (χ0) is 40.3. The van der Waals surface area contributed by atoms with Crippen molar-refractivity contribution in [2.45, 2.75) is 0 Å². The van der Waals surface area contributed by atoms with Gasteiger partial charge in [0.05, 0.1) is 5.69 Å². The van der Waals surface area contributed by atoms with Crippen LogP contribution in [0.2, 0.25) is 0 Å². The number of furan rings is 2. The van der Waals surface area contributed by atoms with Crippen LogP contribution >= 0.6 is 0 Å². The van der Waals surface area contributed by atoms with Gasteiger partial charge in [-0.2, -0.15) is 0 Å². The van der Waals surface area contributed by atoms with Gasteiger partial charge in [0.2, 0.25) is 0 Å². The summed E-state index contributed by atoms with van der Waals surface area (Å²) in [6.07, 6.45) is 0. The molecule has 0 spiro atoms. The van der Waals surface area contributed by atoms with E-state index in [1.165, 1.54) is 38.6 Å². The Hall–Kier alpha value is -8.14. The molecule has 0 saturated heterocycles. The summed E-state index contributed by atoms with van der Waals surface area (Å²) in [5.74, 6) is 0. The topological polar surface area (TPSA) is 29.5 Å². The summed E-state index contributed by atoms with van der Waals surface area (Å²) in [7, 11) is 0. The molecule has 0 aliphatic rings. The molecule has 12 aromatic rings. The zero-order valence-corrected chi connectivity index (χ0v) is 33.1. The SMILES string of the molecule is c1ccc(-c2ccccc2-c2cccc(-c3ccc4c(c3)oc3c(N(c5ccccc5)c5ccc6oc7cccc(-c8cccc9ccccc89)c7c6c5)cccc34)c2)cc1. The van der Waals surface area contributed by atoms with Gasteiger partial charge in [0, 0.05) is 32.9 Å². The van der Waals surface area contributed by atoms with Crippen molar-refractivity contribution in [3.05, 3.63) is 224 Å². The highest BCUT2D eigenvalue weighted by Crippen LogP contribution is 2.46. The van der Waals surface area contributed by atoms with Crippen LogP contribution in [0.5, 0.6) is 0 Å². The van der Waals surface area contributed by atoms with Crippen LogP contribution in [0.3, 0.4) is 0 Å². The van der Waals surface area contributed by atoms with Gasteiger partial charge in [0.1, 0.15) is 16.7 Å². The van der Waals surface area contributed by atoms with E-state index in [1.807, 2.05) is 0 Å². The number of nitrogens with zero attached hydrogens (tertiary/aromatic N) is 1. The predicted molar refractivity (Wildman–Crippen MR) is 255 cm³/mol. The molecule has 10 aromatic carbocycles. The Kier molecular flexibility index (Phi) is 8.17. The van der Waals surface area contributed by atoms with E-state index in [-0.39, 0.29) is 0 Å². The Morgan fingerprint density at radius 2 is 0.934 bits per heavy atom. The molecule has 12 rings (SSSR count). The standard InChI is InChI=1S/C58H37NO2/c1-3-15-38(16-4-1)45-23-9-10-25-47(45)42-20-11-19-40(35-42)41-31-33-49-51-28-13-29-53(58(51)61-56(49)36-41)59(43-21-5-2-6-22-43)44-32-34-54-52(37-44)57-50(27-14-30-55(57)60-54)48-26-12-18-39-17-7-8-24-46(39)48/h1-37H. The zero-order valence-electron chi connectivity index (χ0n) is 33.1. The molecule has 3 heteroatoms. The first-order valence-corrected chi connectivity index (χ1v) is 20.7. The molecule has 2 aromatic heterocycles. The molecule has 0 saturated carbocycles. The van der Waals surface area contributed by atoms with Gasteiger partial charge in [0.25, 0.3) is 0 Å². The second kappa shape index (κ2) is 14.3. The van der Waals surface area contributed by atoms with Crippen LogP contribution in [0, 0.1) is 0 Å². The Bertz CT molecular complexity index is 3590. The number of benzene rings is 10. The molecule has 286 valence electrons. The van der Waals surface area contributed by atoms with E-state index in [9.17, 15) is 0 Å². The summed E-state index contributed by atoms with van der Waals surface area (Å²) in [6.45, 7) is 0. The summed E-state index contributed by atoms with van der Waals surface area (Å²) in [5, 5.41) is 6.74. The Morgan fingerprint density at radius 1 is 0.295 bits per heavy atom. The first-order valence-electron chi connectivity index (χ1n) is 20.7. The van der Waals surface area contributed by atoms with Crippen LogP contribution in [-0.2, 0) is 0 Å². The van der Waals surface area contributed by atoms with Gasteiger partial charge in [-0.05, 0) is 116 Å². The van der Waals surface area contributed by atoms with Crippen LogP contribution in [0.15, 0.2) is 233 Å². The molecule has 0 aliphatic carbocycles. The molecule has 3 nitrogen and oxygen atoms in total. The number of rotatable bonds is 7. The molecule has 61 heavy (non-hydrogen) atoms. The number of anilines is 3. The average molecular weight is 780 g/mol. The average Bonchev–Trinajstić information content (AvgIpc) is 3.91. The molecule has 0 bridgehead atoms. The maximum absolute atomic E-state index is 6.96. The third kappa shape index (κ3) is 5.90. The van der Waals surface area contributed by atoms with Crippen LogP contribution in [0.25, 0.3) is 99.2 Å². The van der Waals surface area contributed by atoms with Crippen molar-refractivity contribution >= 4 is 71.7 Å². The first kappa shape index (κ1) is 34.9. The highest BCUT2D eigenvalue weighted by Gasteiger charge is 2.22. The number of fused-ring (bicyclic) bond motifs is 7. The summed E-state index contributed by atoms with van der Waals surface area (Å²) >= 11 is 0. The molecule has 2 heterocycles. The summed E-state index contributed by atoms with van der Waals surface area (Å²) in [5.41, 5.74) is 15.8. The maximum Gasteiger partial charge on any atom is 0.159 e. The van der Waals surface area contributed by atoms with Crippen LogP contribution in [0.1, 0.15) is 0 Å². The molecule has 0 aliphatic heterocycles. The van der Waals surface area contributed by atoms with Crippen molar-refractivity contribution in [3.8, 4) is 44.5 Å². The monoisotopic (exact) mass is 779 g/mol.